The SMILES string of the molecule is NC(CCNC(=O)C1CC1)=NO. The zero-order chi connectivity index (χ0) is 8.97. The van der Waals surface area contributed by atoms with Crippen LogP contribution in [0.15, 0.2) is 5.16 Å². The van der Waals surface area contributed by atoms with Crippen molar-refractivity contribution in [2.45, 2.75) is 19.3 Å². The number of oxime groups is 1. The second-order valence-electron chi connectivity index (χ2n) is 2.91. The van der Waals surface area contributed by atoms with Gasteiger partial charge < -0.3 is 16.3 Å². The molecule has 0 aromatic heterocycles. The molecule has 1 fully saturated rings. The van der Waals surface area contributed by atoms with E-state index in [1.807, 2.05) is 0 Å². The van der Waals surface area contributed by atoms with E-state index in [0.717, 1.165) is 12.8 Å². The van der Waals surface area contributed by atoms with E-state index in [9.17, 15) is 4.79 Å². The summed E-state index contributed by atoms with van der Waals surface area (Å²) in [5, 5.41) is 13.7. The van der Waals surface area contributed by atoms with Crippen LogP contribution in [-0.2, 0) is 4.79 Å². The molecule has 5 heteroatoms. The maximum Gasteiger partial charge on any atom is 0.223 e. The predicted molar refractivity (Wildman–Crippen MR) is 43.8 cm³/mol. The van der Waals surface area contributed by atoms with Crippen LogP contribution < -0.4 is 11.1 Å². The molecule has 0 aromatic carbocycles. The van der Waals surface area contributed by atoms with Crippen LogP contribution in [0.4, 0.5) is 0 Å². The average molecular weight is 171 g/mol. The Balaban J connectivity index is 2.05. The van der Waals surface area contributed by atoms with Crippen LogP contribution in [0.25, 0.3) is 0 Å². The highest BCUT2D eigenvalue weighted by Gasteiger charge is 2.28. The molecule has 0 heterocycles. The number of nitrogens with one attached hydrogen (secondary N) is 1. The van der Waals surface area contributed by atoms with E-state index in [1.54, 1.807) is 0 Å². The molecule has 0 aromatic rings. The molecule has 1 amide bonds. The fraction of sp³-hybridized carbons (Fsp3) is 0.714. The molecule has 0 unspecified atom stereocenters. The van der Waals surface area contributed by atoms with Crippen LogP contribution in [0.1, 0.15) is 19.3 Å². The molecule has 5 nitrogen and oxygen atoms in total. The van der Waals surface area contributed by atoms with Crippen LogP contribution in [-0.4, -0.2) is 23.5 Å². The minimum absolute atomic E-state index is 0.0840. The smallest absolute Gasteiger partial charge is 0.223 e. The van der Waals surface area contributed by atoms with E-state index >= 15 is 0 Å². The summed E-state index contributed by atoms with van der Waals surface area (Å²) in [5.41, 5.74) is 5.20. The van der Waals surface area contributed by atoms with Gasteiger partial charge in [-0.1, -0.05) is 5.16 Å². The third-order valence-electron chi connectivity index (χ3n) is 1.76. The van der Waals surface area contributed by atoms with Crippen LogP contribution >= 0.6 is 0 Å². The molecule has 1 aliphatic rings. The zero-order valence-electron chi connectivity index (χ0n) is 6.79. The topological polar surface area (TPSA) is 87.7 Å². The third-order valence-corrected chi connectivity index (χ3v) is 1.76. The maximum absolute atomic E-state index is 11.0. The zero-order valence-corrected chi connectivity index (χ0v) is 6.79. The second-order valence-corrected chi connectivity index (χ2v) is 2.91. The second kappa shape index (κ2) is 3.94. The summed E-state index contributed by atoms with van der Waals surface area (Å²) >= 11 is 0. The molecule has 1 aliphatic carbocycles. The van der Waals surface area contributed by atoms with Gasteiger partial charge in [-0.3, -0.25) is 4.79 Å². The first-order valence-electron chi connectivity index (χ1n) is 3.98. The molecule has 0 bridgehead atoms. The highest BCUT2D eigenvalue weighted by Crippen LogP contribution is 2.28. The summed E-state index contributed by atoms with van der Waals surface area (Å²) in [6, 6.07) is 0. The minimum Gasteiger partial charge on any atom is -0.409 e. The van der Waals surface area contributed by atoms with E-state index in [-0.39, 0.29) is 17.7 Å². The lowest BCUT2D eigenvalue weighted by Gasteiger charge is -2.01. The highest BCUT2D eigenvalue weighted by molar-refractivity contribution is 5.83. The lowest BCUT2D eigenvalue weighted by molar-refractivity contribution is -0.122. The van der Waals surface area contributed by atoms with E-state index < -0.39 is 0 Å². The van der Waals surface area contributed by atoms with Gasteiger partial charge in [0.1, 0.15) is 5.84 Å². The Kier molecular flexibility index (Phi) is 2.90. The van der Waals surface area contributed by atoms with E-state index in [4.69, 9.17) is 10.9 Å². The van der Waals surface area contributed by atoms with Gasteiger partial charge >= 0.3 is 0 Å². The fourth-order valence-corrected chi connectivity index (χ4v) is 0.854. The molecule has 1 rings (SSSR count). The van der Waals surface area contributed by atoms with E-state index in [0.29, 0.717) is 13.0 Å². The van der Waals surface area contributed by atoms with Crippen molar-refractivity contribution in [1.82, 2.24) is 5.32 Å². The van der Waals surface area contributed by atoms with Crippen molar-refractivity contribution in [3.05, 3.63) is 0 Å². The van der Waals surface area contributed by atoms with Gasteiger partial charge in [-0.2, -0.15) is 0 Å². The van der Waals surface area contributed by atoms with Crippen molar-refractivity contribution in [2.75, 3.05) is 6.54 Å². The van der Waals surface area contributed by atoms with Gasteiger partial charge in [0.2, 0.25) is 5.91 Å². The Bertz CT molecular complexity index is 199. The molecule has 0 radical (unpaired) electrons. The number of amidine groups is 1. The fourth-order valence-electron chi connectivity index (χ4n) is 0.854. The van der Waals surface area contributed by atoms with Crippen molar-refractivity contribution in [2.24, 2.45) is 16.8 Å². The number of rotatable bonds is 4. The van der Waals surface area contributed by atoms with Crippen molar-refractivity contribution in [3.63, 3.8) is 0 Å². The molecule has 4 N–H and O–H groups in total. The molecule has 0 spiro atoms. The quantitative estimate of drug-likeness (QED) is 0.234. The number of carbonyl (C=O) groups excluding carboxylic acids is 1. The van der Waals surface area contributed by atoms with Crippen LogP contribution in [0, 0.1) is 5.92 Å². The molecule has 68 valence electrons. The lowest BCUT2D eigenvalue weighted by Crippen LogP contribution is -2.28. The van der Waals surface area contributed by atoms with Gasteiger partial charge in [-0.15, -0.1) is 0 Å². The summed E-state index contributed by atoms with van der Waals surface area (Å²) in [7, 11) is 0. The van der Waals surface area contributed by atoms with Crippen LogP contribution in [0.3, 0.4) is 0 Å². The van der Waals surface area contributed by atoms with Crippen molar-refractivity contribution in [3.8, 4) is 0 Å². The Morgan fingerprint density at radius 3 is 2.83 bits per heavy atom. The van der Waals surface area contributed by atoms with Crippen molar-refractivity contribution in [1.29, 1.82) is 0 Å². The monoisotopic (exact) mass is 171 g/mol. The summed E-state index contributed by atoms with van der Waals surface area (Å²) in [5.74, 6) is 0.448. The Morgan fingerprint density at radius 1 is 1.67 bits per heavy atom. The maximum atomic E-state index is 11.0. The molecular weight excluding hydrogens is 158 g/mol. The first-order chi connectivity index (χ1) is 5.74. The Hall–Kier alpha value is -1.26. The van der Waals surface area contributed by atoms with Gasteiger partial charge in [0, 0.05) is 18.9 Å². The summed E-state index contributed by atoms with van der Waals surface area (Å²) < 4.78 is 0. The summed E-state index contributed by atoms with van der Waals surface area (Å²) in [4.78, 5) is 11.0. The number of hydrogen-bond acceptors (Lipinski definition) is 3. The van der Waals surface area contributed by atoms with Gasteiger partial charge in [-0.25, -0.2) is 0 Å². The number of amides is 1. The third kappa shape index (κ3) is 2.77. The van der Waals surface area contributed by atoms with Gasteiger partial charge in [0.15, 0.2) is 0 Å². The molecule has 0 saturated heterocycles. The molecule has 12 heavy (non-hydrogen) atoms. The molecular formula is C7H13N3O2. The highest BCUT2D eigenvalue weighted by atomic mass is 16.4. The Morgan fingerprint density at radius 2 is 2.33 bits per heavy atom. The molecule has 0 atom stereocenters. The van der Waals surface area contributed by atoms with Gasteiger partial charge in [-0.05, 0) is 12.8 Å². The van der Waals surface area contributed by atoms with Gasteiger partial charge in [0.05, 0.1) is 0 Å². The first-order valence-corrected chi connectivity index (χ1v) is 3.98. The molecule has 0 aliphatic heterocycles. The predicted octanol–water partition coefficient (Wildman–Crippen LogP) is -0.351. The van der Waals surface area contributed by atoms with Crippen molar-refractivity contribution >= 4 is 11.7 Å². The largest absolute Gasteiger partial charge is 0.409 e. The van der Waals surface area contributed by atoms with Crippen LogP contribution in [0.2, 0.25) is 0 Å². The van der Waals surface area contributed by atoms with Crippen molar-refractivity contribution < 1.29 is 10.0 Å². The standard InChI is InChI=1S/C7H13N3O2/c8-6(10-12)3-4-9-7(11)5-1-2-5/h5,12H,1-4H2,(H2,8,10)(H,9,11). The number of nitrogens with two attached hydrogens (primary N) is 1. The number of carbonyl (C=O) groups is 1. The van der Waals surface area contributed by atoms with E-state index in [1.165, 1.54) is 0 Å². The Labute approximate surface area is 70.6 Å². The van der Waals surface area contributed by atoms with Gasteiger partial charge in [0.25, 0.3) is 0 Å². The normalized spacial score (nSPS) is 17.5. The molecule has 1 saturated carbocycles. The first kappa shape index (κ1) is 8.83. The number of nitrogens with zero attached hydrogens (tertiary/aromatic N) is 1. The lowest BCUT2D eigenvalue weighted by atomic mass is 10.3. The number of hydrogen-bond donors (Lipinski definition) is 3. The minimum atomic E-state index is 0.0840. The summed E-state index contributed by atoms with van der Waals surface area (Å²) in [6.07, 6.45) is 2.39. The van der Waals surface area contributed by atoms with Crippen LogP contribution in [0.5, 0.6) is 0 Å². The van der Waals surface area contributed by atoms with E-state index in [2.05, 4.69) is 10.5 Å². The average Bonchev–Trinajstić information content (AvgIpc) is 2.86. The summed E-state index contributed by atoms with van der Waals surface area (Å²) in [6.45, 7) is 0.450.